The number of aryl methyl sites for hydroxylation is 2. The van der Waals surface area contributed by atoms with Gasteiger partial charge in [-0.25, -0.2) is 4.39 Å². The van der Waals surface area contributed by atoms with Crippen LogP contribution < -0.4 is 10.4 Å². The van der Waals surface area contributed by atoms with Gasteiger partial charge in [0.2, 0.25) is 0 Å². The number of hydroxylamine groups is 2. The second-order valence-corrected chi connectivity index (χ2v) is 6.28. The Balaban J connectivity index is 1.94. The van der Waals surface area contributed by atoms with Crippen LogP contribution in [0.2, 0.25) is 0 Å². The molecule has 0 amide bonds. The highest BCUT2D eigenvalue weighted by Crippen LogP contribution is 2.36. The Morgan fingerprint density at radius 1 is 1.08 bits per heavy atom. The van der Waals surface area contributed by atoms with Crippen molar-refractivity contribution in [2.45, 2.75) is 26.8 Å². The van der Waals surface area contributed by atoms with Gasteiger partial charge in [0.15, 0.2) is 0 Å². The number of hydrogen-bond acceptors (Lipinski definition) is 4. The third-order valence-corrected chi connectivity index (χ3v) is 4.15. The van der Waals surface area contributed by atoms with Gasteiger partial charge in [0, 0.05) is 6.54 Å². The van der Waals surface area contributed by atoms with Gasteiger partial charge in [0.05, 0.1) is 12.2 Å². The van der Waals surface area contributed by atoms with E-state index in [0.29, 0.717) is 12.2 Å². The number of benzene rings is 2. The first-order valence-corrected chi connectivity index (χ1v) is 8.32. The van der Waals surface area contributed by atoms with Crippen LogP contribution in [0.15, 0.2) is 36.4 Å². The van der Waals surface area contributed by atoms with Crippen molar-refractivity contribution in [1.29, 1.82) is 0 Å². The van der Waals surface area contributed by atoms with Gasteiger partial charge in [0.25, 0.3) is 0 Å². The molecule has 0 saturated carbocycles. The van der Waals surface area contributed by atoms with Crippen LogP contribution in [0.5, 0.6) is 0 Å². The van der Waals surface area contributed by atoms with E-state index >= 15 is 0 Å². The van der Waals surface area contributed by atoms with Crippen LogP contribution in [0.3, 0.4) is 0 Å². The highest BCUT2D eigenvalue weighted by molar-refractivity contribution is 5.66. The summed E-state index contributed by atoms with van der Waals surface area (Å²) in [4.78, 5) is 6.00. The predicted octanol–water partition coefficient (Wildman–Crippen LogP) is 3.85. The van der Waals surface area contributed by atoms with Crippen LogP contribution in [0.4, 0.5) is 15.8 Å². The van der Waals surface area contributed by atoms with Crippen molar-refractivity contribution in [3.05, 3.63) is 58.9 Å². The molecule has 0 aliphatic carbocycles. The van der Waals surface area contributed by atoms with Crippen molar-refractivity contribution in [1.82, 2.24) is 10.4 Å². The Kier molecular flexibility index (Phi) is 5.14. The fourth-order valence-corrected chi connectivity index (χ4v) is 2.92. The Morgan fingerprint density at radius 3 is 2.50 bits per heavy atom. The maximum absolute atomic E-state index is 14.5. The number of anilines is 2. The van der Waals surface area contributed by atoms with Gasteiger partial charge in [-0.2, -0.15) is 15.1 Å². The van der Waals surface area contributed by atoms with Crippen molar-refractivity contribution < 1.29 is 9.33 Å². The molecule has 4 nitrogen and oxygen atoms in total. The average molecular weight is 329 g/mol. The minimum atomic E-state index is -0.279. The van der Waals surface area contributed by atoms with E-state index in [1.165, 1.54) is 11.6 Å². The van der Waals surface area contributed by atoms with Gasteiger partial charge in [-0.15, -0.1) is 0 Å². The van der Waals surface area contributed by atoms with E-state index < -0.39 is 0 Å². The molecular weight excluding hydrogens is 305 g/mol. The molecule has 0 unspecified atom stereocenters. The second-order valence-electron chi connectivity index (χ2n) is 6.28. The lowest BCUT2D eigenvalue weighted by Gasteiger charge is -2.36. The highest BCUT2D eigenvalue weighted by atomic mass is 19.1. The fourth-order valence-electron chi connectivity index (χ4n) is 2.92. The number of hydrogen-bond donors (Lipinski definition) is 1. The Hall–Kier alpha value is -1.95. The molecule has 2 aromatic carbocycles. The smallest absolute Gasteiger partial charge is 0.149 e. The molecule has 24 heavy (non-hydrogen) atoms. The first-order valence-electron chi connectivity index (χ1n) is 8.32. The largest absolute Gasteiger partial charge is 0.320 e. The molecule has 0 saturated heterocycles. The standard InChI is InChI=1S/C19H24FN3O/c1-14-5-7-18-16(11-14)13-22(10-4-9-21-3)24-23(18)19-8-6-15(2)12-17(19)20/h5-8,11-12,21H,4,9-10,13H2,1-3H3. The second kappa shape index (κ2) is 7.30. The minimum Gasteiger partial charge on any atom is -0.320 e. The van der Waals surface area contributed by atoms with Crippen LogP contribution in [-0.4, -0.2) is 25.2 Å². The summed E-state index contributed by atoms with van der Waals surface area (Å²) in [5, 5.41) is 6.63. The van der Waals surface area contributed by atoms with E-state index in [1.54, 1.807) is 11.1 Å². The normalized spacial score (nSPS) is 14.8. The SMILES string of the molecule is CNCCCN1Cc2cc(C)ccc2N(c2ccc(C)cc2F)O1. The van der Waals surface area contributed by atoms with Gasteiger partial charge in [-0.1, -0.05) is 23.8 Å². The predicted molar refractivity (Wildman–Crippen MR) is 94.5 cm³/mol. The van der Waals surface area contributed by atoms with Crippen LogP contribution >= 0.6 is 0 Å². The van der Waals surface area contributed by atoms with Crippen LogP contribution in [0.1, 0.15) is 23.1 Å². The molecule has 1 N–H and O–H groups in total. The molecule has 1 aliphatic heterocycles. The lowest BCUT2D eigenvalue weighted by molar-refractivity contribution is -0.176. The van der Waals surface area contributed by atoms with Gasteiger partial charge in [-0.3, -0.25) is 0 Å². The van der Waals surface area contributed by atoms with E-state index in [1.807, 2.05) is 37.2 Å². The van der Waals surface area contributed by atoms with E-state index in [9.17, 15) is 4.39 Å². The molecule has 0 radical (unpaired) electrons. The first kappa shape index (κ1) is 16.9. The summed E-state index contributed by atoms with van der Waals surface area (Å²) < 4.78 is 14.5. The maximum Gasteiger partial charge on any atom is 0.149 e. The van der Waals surface area contributed by atoms with Crippen molar-refractivity contribution >= 4 is 11.4 Å². The third kappa shape index (κ3) is 3.59. The summed E-state index contributed by atoms with van der Waals surface area (Å²) in [6.07, 6.45) is 0.960. The molecule has 0 bridgehead atoms. The number of nitrogens with one attached hydrogen (secondary N) is 1. The summed E-state index contributed by atoms with van der Waals surface area (Å²) in [7, 11) is 1.93. The van der Waals surface area contributed by atoms with Gasteiger partial charge in [0.1, 0.15) is 11.5 Å². The Morgan fingerprint density at radius 2 is 1.79 bits per heavy atom. The molecule has 128 valence electrons. The van der Waals surface area contributed by atoms with E-state index in [-0.39, 0.29) is 5.82 Å². The monoisotopic (exact) mass is 329 g/mol. The summed E-state index contributed by atoms with van der Waals surface area (Å²) in [5.41, 5.74) is 4.56. The number of nitrogens with zero attached hydrogens (tertiary/aromatic N) is 2. The first-order chi connectivity index (χ1) is 11.6. The average Bonchev–Trinajstić information content (AvgIpc) is 2.54. The molecule has 0 aromatic heterocycles. The lowest BCUT2D eigenvalue weighted by atomic mass is 10.1. The molecule has 5 heteroatoms. The molecule has 1 aliphatic rings. The zero-order valence-corrected chi connectivity index (χ0v) is 14.5. The Labute approximate surface area is 142 Å². The topological polar surface area (TPSA) is 27.7 Å². The summed E-state index contributed by atoms with van der Waals surface area (Å²) in [6, 6.07) is 11.4. The van der Waals surface area contributed by atoms with E-state index in [0.717, 1.165) is 36.3 Å². The zero-order valence-electron chi connectivity index (χ0n) is 14.5. The maximum atomic E-state index is 14.5. The van der Waals surface area contributed by atoms with Crippen LogP contribution in [-0.2, 0) is 11.5 Å². The molecule has 0 fully saturated rings. The van der Waals surface area contributed by atoms with Gasteiger partial charge >= 0.3 is 0 Å². The van der Waals surface area contributed by atoms with E-state index in [4.69, 9.17) is 4.94 Å². The quantitative estimate of drug-likeness (QED) is 0.843. The molecule has 1 heterocycles. The van der Waals surface area contributed by atoms with Gasteiger partial charge in [-0.05, 0) is 63.2 Å². The molecule has 0 atom stereocenters. The minimum absolute atomic E-state index is 0.279. The number of fused-ring (bicyclic) bond motifs is 1. The lowest BCUT2D eigenvalue weighted by Crippen LogP contribution is -2.38. The van der Waals surface area contributed by atoms with Crippen molar-refractivity contribution in [2.75, 3.05) is 25.2 Å². The molecule has 2 aromatic rings. The molecule has 0 spiro atoms. The van der Waals surface area contributed by atoms with Crippen LogP contribution in [0.25, 0.3) is 0 Å². The summed E-state index contributed by atoms with van der Waals surface area (Å²) in [5.74, 6) is -0.279. The third-order valence-electron chi connectivity index (χ3n) is 4.15. The molecular formula is C19H24FN3O. The fraction of sp³-hybridized carbons (Fsp3) is 0.368. The van der Waals surface area contributed by atoms with Crippen molar-refractivity contribution in [3.8, 4) is 0 Å². The summed E-state index contributed by atoms with van der Waals surface area (Å²) >= 11 is 0. The number of halogens is 1. The van der Waals surface area contributed by atoms with Crippen LogP contribution in [0, 0.1) is 19.7 Å². The molecule has 3 rings (SSSR count). The Bertz CT molecular complexity index is 720. The van der Waals surface area contributed by atoms with Crippen molar-refractivity contribution in [3.63, 3.8) is 0 Å². The number of rotatable bonds is 5. The van der Waals surface area contributed by atoms with Gasteiger partial charge < -0.3 is 5.32 Å². The zero-order chi connectivity index (χ0) is 17.1. The highest BCUT2D eigenvalue weighted by Gasteiger charge is 2.27. The summed E-state index contributed by atoms with van der Waals surface area (Å²) in [6.45, 7) is 6.34. The van der Waals surface area contributed by atoms with E-state index in [2.05, 4.69) is 18.3 Å². The van der Waals surface area contributed by atoms with Crippen molar-refractivity contribution in [2.24, 2.45) is 0 Å².